The second-order valence-electron chi connectivity index (χ2n) is 5.04. The summed E-state index contributed by atoms with van der Waals surface area (Å²) >= 11 is 0. The second kappa shape index (κ2) is 7.59. The molecule has 5 nitrogen and oxygen atoms in total. The zero-order chi connectivity index (χ0) is 15.1. The summed E-state index contributed by atoms with van der Waals surface area (Å²) in [6.45, 7) is 3.76. The summed E-state index contributed by atoms with van der Waals surface area (Å²) in [7, 11) is 0. The number of carbonyl (C=O) groups excluding carboxylic acids is 1. The number of aromatic nitrogens is 1. The predicted octanol–water partition coefficient (Wildman–Crippen LogP) is 2.43. The van der Waals surface area contributed by atoms with Crippen molar-refractivity contribution in [1.82, 2.24) is 9.88 Å². The molecule has 0 atom stereocenters. The van der Waals surface area contributed by atoms with Crippen molar-refractivity contribution in [3.05, 3.63) is 42.3 Å². The molecule has 0 spiro atoms. The number of oxazole rings is 1. The van der Waals surface area contributed by atoms with Gasteiger partial charge in [0.2, 0.25) is 11.8 Å². The number of rotatable bonds is 8. The van der Waals surface area contributed by atoms with Crippen molar-refractivity contribution >= 4 is 5.91 Å². The molecule has 0 bridgehead atoms. The first-order valence-corrected chi connectivity index (χ1v) is 7.19. The van der Waals surface area contributed by atoms with Crippen LogP contribution in [0.3, 0.4) is 0 Å². The average molecular weight is 287 g/mol. The zero-order valence-corrected chi connectivity index (χ0v) is 12.3. The van der Waals surface area contributed by atoms with Crippen LogP contribution in [0.4, 0.5) is 0 Å². The molecule has 2 N–H and O–H groups in total. The molecular weight excluding hydrogens is 266 g/mol. The highest BCUT2D eigenvalue weighted by atomic mass is 16.3. The van der Waals surface area contributed by atoms with E-state index in [4.69, 9.17) is 10.2 Å². The van der Waals surface area contributed by atoms with Gasteiger partial charge in [-0.15, -0.1) is 0 Å². The Balaban J connectivity index is 2.03. The van der Waals surface area contributed by atoms with Crippen molar-refractivity contribution in [2.75, 3.05) is 13.1 Å². The first-order chi connectivity index (χ1) is 10.2. The Morgan fingerprint density at radius 2 is 2.10 bits per heavy atom. The maximum absolute atomic E-state index is 11.1. The van der Waals surface area contributed by atoms with E-state index in [2.05, 4.69) is 11.9 Å². The van der Waals surface area contributed by atoms with Crippen LogP contribution in [0.25, 0.3) is 11.5 Å². The molecule has 1 amide bonds. The molecule has 0 saturated heterocycles. The average Bonchev–Trinajstić information content (AvgIpc) is 2.93. The summed E-state index contributed by atoms with van der Waals surface area (Å²) in [6.07, 6.45) is 3.74. The highest BCUT2D eigenvalue weighted by Crippen LogP contribution is 2.18. The van der Waals surface area contributed by atoms with Gasteiger partial charge in [-0.05, 0) is 25.1 Å². The van der Waals surface area contributed by atoms with Gasteiger partial charge in [0.1, 0.15) is 6.26 Å². The Morgan fingerprint density at radius 1 is 1.33 bits per heavy atom. The van der Waals surface area contributed by atoms with Crippen molar-refractivity contribution in [3.63, 3.8) is 0 Å². The summed E-state index contributed by atoms with van der Waals surface area (Å²) in [4.78, 5) is 17.6. The lowest BCUT2D eigenvalue weighted by atomic mass is 10.2. The molecule has 2 rings (SSSR count). The highest BCUT2D eigenvalue weighted by molar-refractivity contribution is 5.75. The number of primary amides is 1. The first-order valence-electron chi connectivity index (χ1n) is 7.19. The Hall–Kier alpha value is -2.14. The second-order valence-corrected chi connectivity index (χ2v) is 5.04. The Morgan fingerprint density at radius 3 is 2.76 bits per heavy atom. The summed E-state index contributed by atoms with van der Waals surface area (Å²) < 4.78 is 5.51. The van der Waals surface area contributed by atoms with E-state index in [-0.39, 0.29) is 12.5 Å². The van der Waals surface area contributed by atoms with E-state index < -0.39 is 0 Å². The van der Waals surface area contributed by atoms with Crippen LogP contribution < -0.4 is 5.73 Å². The topological polar surface area (TPSA) is 72.4 Å². The Labute approximate surface area is 124 Å². The van der Waals surface area contributed by atoms with Gasteiger partial charge in [-0.1, -0.05) is 31.5 Å². The largest absolute Gasteiger partial charge is 0.444 e. The van der Waals surface area contributed by atoms with Crippen LogP contribution in [0.5, 0.6) is 0 Å². The summed E-state index contributed by atoms with van der Waals surface area (Å²) in [5.41, 5.74) is 7.05. The lowest BCUT2D eigenvalue weighted by molar-refractivity contribution is -0.119. The molecular formula is C16H21N3O2. The van der Waals surface area contributed by atoms with E-state index in [1.807, 2.05) is 35.2 Å². The van der Waals surface area contributed by atoms with Crippen LogP contribution in [0.1, 0.15) is 25.5 Å². The number of amides is 1. The fourth-order valence-corrected chi connectivity index (χ4v) is 2.14. The van der Waals surface area contributed by atoms with E-state index in [1.165, 1.54) is 0 Å². The molecule has 21 heavy (non-hydrogen) atoms. The molecule has 112 valence electrons. The molecule has 0 unspecified atom stereocenters. The number of nitrogens with zero attached hydrogens (tertiary/aromatic N) is 2. The molecule has 0 aliphatic heterocycles. The van der Waals surface area contributed by atoms with Crippen molar-refractivity contribution in [3.8, 4) is 11.5 Å². The van der Waals surface area contributed by atoms with Crippen molar-refractivity contribution in [2.24, 2.45) is 5.73 Å². The van der Waals surface area contributed by atoms with E-state index in [0.717, 1.165) is 30.6 Å². The van der Waals surface area contributed by atoms with E-state index in [1.54, 1.807) is 6.26 Å². The van der Waals surface area contributed by atoms with Gasteiger partial charge in [0, 0.05) is 12.1 Å². The molecule has 1 aromatic heterocycles. The normalized spacial score (nSPS) is 11.0. The number of hydrogen-bond acceptors (Lipinski definition) is 4. The van der Waals surface area contributed by atoms with Crippen molar-refractivity contribution in [2.45, 2.75) is 26.3 Å². The third-order valence-electron chi connectivity index (χ3n) is 3.17. The van der Waals surface area contributed by atoms with Gasteiger partial charge >= 0.3 is 0 Å². The molecule has 1 heterocycles. The Bertz CT molecular complexity index is 566. The molecule has 2 aromatic rings. The van der Waals surface area contributed by atoms with Crippen LogP contribution >= 0.6 is 0 Å². The van der Waals surface area contributed by atoms with E-state index in [0.29, 0.717) is 12.4 Å². The van der Waals surface area contributed by atoms with Gasteiger partial charge in [-0.2, -0.15) is 0 Å². The van der Waals surface area contributed by atoms with Crippen LogP contribution in [0, 0.1) is 0 Å². The van der Waals surface area contributed by atoms with Crippen LogP contribution in [-0.2, 0) is 11.3 Å². The van der Waals surface area contributed by atoms with Crippen molar-refractivity contribution in [1.29, 1.82) is 0 Å². The van der Waals surface area contributed by atoms with Crippen LogP contribution in [0.15, 0.2) is 41.0 Å². The van der Waals surface area contributed by atoms with E-state index >= 15 is 0 Å². The van der Waals surface area contributed by atoms with Gasteiger partial charge in [-0.25, -0.2) is 4.98 Å². The number of carbonyl (C=O) groups is 1. The SMILES string of the molecule is CCCCN(CC(N)=O)Cc1coc(-c2ccccc2)n1. The number of benzene rings is 1. The monoisotopic (exact) mass is 287 g/mol. The third kappa shape index (κ3) is 4.72. The summed E-state index contributed by atoms with van der Waals surface area (Å²) in [5, 5.41) is 0. The van der Waals surface area contributed by atoms with Crippen LogP contribution in [0.2, 0.25) is 0 Å². The zero-order valence-electron chi connectivity index (χ0n) is 12.3. The quantitative estimate of drug-likeness (QED) is 0.809. The lowest BCUT2D eigenvalue weighted by Crippen LogP contribution is -2.34. The van der Waals surface area contributed by atoms with Crippen LogP contribution in [-0.4, -0.2) is 28.9 Å². The number of unbranched alkanes of at least 4 members (excludes halogenated alkanes) is 1. The molecule has 0 radical (unpaired) electrons. The lowest BCUT2D eigenvalue weighted by Gasteiger charge is -2.18. The molecule has 0 aliphatic carbocycles. The van der Waals surface area contributed by atoms with Gasteiger partial charge in [0.15, 0.2) is 0 Å². The summed E-state index contributed by atoms with van der Waals surface area (Å²) in [5.74, 6) is 0.276. The minimum Gasteiger partial charge on any atom is -0.444 e. The fraction of sp³-hybridized carbons (Fsp3) is 0.375. The van der Waals surface area contributed by atoms with Gasteiger partial charge in [-0.3, -0.25) is 9.69 Å². The van der Waals surface area contributed by atoms with Gasteiger partial charge < -0.3 is 10.2 Å². The maximum Gasteiger partial charge on any atom is 0.231 e. The molecule has 0 saturated carbocycles. The van der Waals surface area contributed by atoms with Gasteiger partial charge in [0.25, 0.3) is 0 Å². The molecule has 0 aliphatic rings. The molecule has 0 fully saturated rings. The standard InChI is InChI=1S/C16H21N3O2/c1-2-3-9-19(11-15(17)20)10-14-12-21-16(18-14)13-7-5-4-6-8-13/h4-8,12H,2-3,9-11H2,1H3,(H2,17,20). The predicted molar refractivity (Wildman–Crippen MR) is 81.3 cm³/mol. The number of nitrogens with two attached hydrogens (primary N) is 1. The molecule has 5 heteroatoms. The minimum absolute atomic E-state index is 0.244. The smallest absolute Gasteiger partial charge is 0.231 e. The first kappa shape index (κ1) is 15.3. The highest BCUT2D eigenvalue weighted by Gasteiger charge is 2.12. The fourth-order valence-electron chi connectivity index (χ4n) is 2.14. The van der Waals surface area contributed by atoms with Crippen molar-refractivity contribution < 1.29 is 9.21 Å². The minimum atomic E-state index is -0.321. The maximum atomic E-state index is 11.1. The summed E-state index contributed by atoms with van der Waals surface area (Å²) in [6, 6.07) is 9.74. The Kier molecular flexibility index (Phi) is 5.51. The van der Waals surface area contributed by atoms with Gasteiger partial charge in [0.05, 0.1) is 12.2 Å². The number of hydrogen-bond donors (Lipinski definition) is 1. The third-order valence-corrected chi connectivity index (χ3v) is 3.17. The molecule has 1 aromatic carbocycles. The van der Waals surface area contributed by atoms with E-state index in [9.17, 15) is 4.79 Å².